The standard InChI is InChI=1S/C13H10N2O8S/c16-14(17)12-7-4-8-13(15(18)19)11(12)9-22-24(20,21)23-10-5-2-1-3-6-10/h1-8H,9H2. The van der Waals surface area contributed by atoms with Crippen molar-refractivity contribution in [3.8, 4) is 5.75 Å². The van der Waals surface area contributed by atoms with Crippen molar-refractivity contribution in [1.82, 2.24) is 0 Å². The molecule has 0 aromatic heterocycles. The van der Waals surface area contributed by atoms with Crippen molar-refractivity contribution >= 4 is 21.8 Å². The SMILES string of the molecule is O=[N+]([O-])c1cccc([N+](=O)[O-])c1COS(=O)(=O)Oc1ccccc1. The summed E-state index contributed by atoms with van der Waals surface area (Å²) in [7, 11) is -4.56. The number of benzene rings is 2. The molecule has 2 aromatic carbocycles. The van der Waals surface area contributed by atoms with Gasteiger partial charge in [0.2, 0.25) is 0 Å². The first kappa shape index (κ1) is 17.3. The number of para-hydroxylation sites is 1. The Kier molecular flexibility index (Phi) is 5.06. The summed E-state index contributed by atoms with van der Waals surface area (Å²) in [6.07, 6.45) is 0. The fourth-order valence-corrected chi connectivity index (χ4v) is 2.46. The van der Waals surface area contributed by atoms with Crippen molar-refractivity contribution < 1.29 is 26.6 Å². The molecule has 10 nitrogen and oxygen atoms in total. The van der Waals surface area contributed by atoms with Crippen molar-refractivity contribution in [3.05, 3.63) is 74.3 Å². The summed E-state index contributed by atoms with van der Waals surface area (Å²) in [6, 6.07) is 10.5. The highest BCUT2D eigenvalue weighted by Gasteiger charge is 2.27. The molecule has 0 heterocycles. The van der Waals surface area contributed by atoms with Crippen LogP contribution in [0.15, 0.2) is 48.5 Å². The molecule has 0 N–H and O–H groups in total. The quantitative estimate of drug-likeness (QED) is 0.545. The fraction of sp³-hybridized carbons (Fsp3) is 0.0769. The van der Waals surface area contributed by atoms with Gasteiger partial charge in [0, 0.05) is 12.1 Å². The van der Waals surface area contributed by atoms with Gasteiger partial charge in [0.1, 0.15) is 17.9 Å². The first-order chi connectivity index (χ1) is 11.3. The minimum Gasteiger partial charge on any atom is -0.362 e. The van der Waals surface area contributed by atoms with Gasteiger partial charge in [-0.1, -0.05) is 18.2 Å². The molecule has 2 rings (SSSR count). The largest absolute Gasteiger partial charge is 0.449 e. The lowest BCUT2D eigenvalue weighted by molar-refractivity contribution is -0.396. The molecule has 0 aliphatic heterocycles. The third-order valence-electron chi connectivity index (χ3n) is 2.81. The Labute approximate surface area is 135 Å². The fourth-order valence-electron chi connectivity index (χ4n) is 1.80. The Hall–Kier alpha value is -3.05. The van der Waals surface area contributed by atoms with E-state index in [2.05, 4.69) is 8.37 Å². The molecule has 0 saturated heterocycles. The average Bonchev–Trinajstić information content (AvgIpc) is 2.53. The second kappa shape index (κ2) is 7.02. The second-order valence-corrected chi connectivity index (χ2v) is 5.57. The van der Waals surface area contributed by atoms with E-state index in [1.165, 1.54) is 24.3 Å². The number of rotatable bonds is 7. The van der Waals surface area contributed by atoms with Gasteiger partial charge in [-0.05, 0) is 18.2 Å². The molecule has 0 fully saturated rings. The predicted octanol–water partition coefficient (Wildman–Crippen LogP) is 2.34. The van der Waals surface area contributed by atoms with Gasteiger partial charge in [0.25, 0.3) is 11.4 Å². The molecule has 0 amide bonds. The van der Waals surface area contributed by atoms with Crippen LogP contribution in [0.4, 0.5) is 11.4 Å². The number of nitro benzene ring substituents is 2. The van der Waals surface area contributed by atoms with Crippen LogP contribution in [0.3, 0.4) is 0 Å². The first-order valence-corrected chi connectivity index (χ1v) is 7.68. The Balaban J connectivity index is 2.25. The van der Waals surface area contributed by atoms with E-state index in [4.69, 9.17) is 0 Å². The lowest BCUT2D eigenvalue weighted by Crippen LogP contribution is -2.14. The normalized spacial score (nSPS) is 11.0. The molecule has 0 bridgehead atoms. The van der Waals surface area contributed by atoms with Gasteiger partial charge in [0.05, 0.1) is 9.85 Å². The molecule has 24 heavy (non-hydrogen) atoms. The van der Waals surface area contributed by atoms with Crippen molar-refractivity contribution in [2.45, 2.75) is 6.61 Å². The van der Waals surface area contributed by atoms with Gasteiger partial charge in [-0.15, -0.1) is 0 Å². The van der Waals surface area contributed by atoms with Crippen LogP contribution in [-0.4, -0.2) is 18.3 Å². The highest BCUT2D eigenvalue weighted by molar-refractivity contribution is 7.82. The lowest BCUT2D eigenvalue weighted by atomic mass is 10.1. The third kappa shape index (κ3) is 4.24. The highest BCUT2D eigenvalue weighted by Crippen LogP contribution is 2.29. The number of nitrogens with zero attached hydrogens (tertiary/aromatic N) is 2. The van der Waals surface area contributed by atoms with Gasteiger partial charge >= 0.3 is 10.4 Å². The molecule has 2 aromatic rings. The maximum atomic E-state index is 11.8. The Bertz CT molecular complexity index is 835. The van der Waals surface area contributed by atoms with Crippen molar-refractivity contribution in [2.24, 2.45) is 0 Å². The number of nitro groups is 2. The van der Waals surface area contributed by atoms with Gasteiger partial charge in [-0.3, -0.25) is 20.2 Å². The van der Waals surface area contributed by atoms with E-state index in [1.807, 2.05) is 0 Å². The maximum Gasteiger partial charge on any atom is 0.449 e. The van der Waals surface area contributed by atoms with Crippen LogP contribution in [0.2, 0.25) is 0 Å². The van der Waals surface area contributed by atoms with Crippen LogP contribution in [0.1, 0.15) is 5.56 Å². The van der Waals surface area contributed by atoms with E-state index in [9.17, 15) is 28.6 Å². The van der Waals surface area contributed by atoms with Gasteiger partial charge in [-0.2, -0.15) is 8.42 Å². The first-order valence-electron chi connectivity index (χ1n) is 6.35. The van der Waals surface area contributed by atoms with E-state index < -0.39 is 43.8 Å². The monoisotopic (exact) mass is 354 g/mol. The van der Waals surface area contributed by atoms with Gasteiger partial charge < -0.3 is 4.18 Å². The Morgan fingerprint density at radius 3 is 1.92 bits per heavy atom. The van der Waals surface area contributed by atoms with Crippen molar-refractivity contribution in [1.29, 1.82) is 0 Å². The van der Waals surface area contributed by atoms with E-state index in [0.29, 0.717) is 0 Å². The molecule has 0 aliphatic carbocycles. The van der Waals surface area contributed by atoms with Crippen LogP contribution in [0.5, 0.6) is 5.75 Å². The summed E-state index contributed by atoms with van der Waals surface area (Å²) in [5, 5.41) is 21.9. The minimum absolute atomic E-state index is 0.0328. The highest BCUT2D eigenvalue weighted by atomic mass is 32.3. The predicted molar refractivity (Wildman–Crippen MR) is 80.5 cm³/mol. The van der Waals surface area contributed by atoms with Crippen LogP contribution in [-0.2, 0) is 21.2 Å². The average molecular weight is 354 g/mol. The molecule has 0 aliphatic rings. The molecular formula is C13H10N2O8S. The summed E-state index contributed by atoms with van der Waals surface area (Å²) < 4.78 is 32.7. The van der Waals surface area contributed by atoms with Gasteiger partial charge in [0.15, 0.2) is 0 Å². The molecule has 0 atom stereocenters. The van der Waals surface area contributed by atoms with E-state index in [-0.39, 0.29) is 5.75 Å². The van der Waals surface area contributed by atoms with E-state index >= 15 is 0 Å². The summed E-state index contributed by atoms with van der Waals surface area (Å²) in [6.45, 7) is -0.914. The summed E-state index contributed by atoms with van der Waals surface area (Å²) >= 11 is 0. The van der Waals surface area contributed by atoms with E-state index in [1.54, 1.807) is 6.07 Å². The van der Waals surface area contributed by atoms with E-state index in [0.717, 1.165) is 18.2 Å². The Morgan fingerprint density at radius 1 is 0.875 bits per heavy atom. The smallest absolute Gasteiger partial charge is 0.362 e. The molecule has 0 unspecified atom stereocenters. The number of hydrogen-bond acceptors (Lipinski definition) is 8. The summed E-state index contributed by atoms with van der Waals surface area (Å²) in [5.41, 5.74) is -1.73. The maximum absolute atomic E-state index is 11.8. The molecular weight excluding hydrogens is 344 g/mol. The Morgan fingerprint density at radius 2 is 1.42 bits per heavy atom. The molecule has 126 valence electrons. The molecule has 0 radical (unpaired) electrons. The van der Waals surface area contributed by atoms with Crippen LogP contribution < -0.4 is 4.18 Å². The zero-order chi connectivity index (χ0) is 17.7. The van der Waals surface area contributed by atoms with Crippen LogP contribution in [0.25, 0.3) is 0 Å². The van der Waals surface area contributed by atoms with Crippen LogP contribution >= 0.6 is 0 Å². The molecule has 0 saturated carbocycles. The second-order valence-electron chi connectivity index (χ2n) is 4.36. The molecule has 11 heteroatoms. The minimum atomic E-state index is -4.56. The molecule has 0 spiro atoms. The summed E-state index contributed by atoms with van der Waals surface area (Å²) in [4.78, 5) is 20.2. The number of hydrogen-bond donors (Lipinski definition) is 0. The van der Waals surface area contributed by atoms with Crippen LogP contribution in [0, 0.1) is 20.2 Å². The third-order valence-corrected chi connectivity index (χ3v) is 3.61. The van der Waals surface area contributed by atoms with Gasteiger partial charge in [-0.25, -0.2) is 4.18 Å². The topological polar surface area (TPSA) is 139 Å². The zero-order valence-corrected chi connectivity index (χ0v) is 12.7. The van der Waals surface area contributed by atoms with Crippen molar-refractivity contribution in [3.63, 3.8) is 0 Å². The van der Waals surface area contributed by atoms with Crippen molar-refractivity contribution in [2.75, 3.05) is 0 Å². The zero-order valence-electron chi connectivity index (χ0n) is 11.9. The lowest BCUT2D eigenvalue weighted by Gasteiger charge is -2.07. The summed E-state index contributed by atoms with van der Waals surface area (Å²) in [5.74, 6) is -0.0328.